The minimum absolute atomic E-state index is 0.00533. The van der Waals surface area contributed by atoms with Gasteiger partial charge in [-0.2, -0.15) is 0 Å². The number of pyridine rings is 1. The van der Waals surface area contributed by atoms with Crippen molar-refractivity contribution in [2.45, 2.75) is 13.5 Å². The number of ether oxygens (including phenoxy) is 1. The summed E-state index contributed by atoms with van der Waals surface area (Å²) in [5, 5.41) is 10.5. The minimum Gasteiger partial charge on any atom is -0.494 e. The molecule has 0 saturated heterocycles. The van der Waals surface area contributed by atoms with Crippen molar-refractivity contribution in [1.82, 2.24) is 10.3 Å². The van der Waals surface area contributed by atoms with Gasteiger partial charge in [0.15, 0.2) is 5.82 Å². The number of hydrogen-bond donors (Lipinski definition) is 2. The Bertz CT molecular complexity index is 435. The molecule has 0 spiro atoms. The van der Waals surface area contributed by atoms with Gasteiger partial charge in [0, 0.05) is 6.20 Å². The Balaban J connectivity index is 2.90. The summed E-state index contributed by atoms with van der Waals surface area (Å²) in [4.78, 5) is 14.1. The summed E-state index contributed by atoms with van der Waals surface area (Å²) in [6, 6.07) is 1.43. The van der Waals surface area contributed by atoms with Crippen molar-refractivity contribution in [2.75, 3.05) is 6.61 Å². The average molecular weight is 240 g/mol. The summed E-state index contributed by atoms with van der Waals surface area (Å²) >= 11 is 0. The van der Waals surface area contributed by atoms with Crippen LogP contribution in [-0.2, 0) is 11.3 Å². The first-order valence-electron chi connectivity index (χ1n) is 4.98. The van der Waals surface area contributed by atoms with Crippen LogP contribution in [0.2, 0.25) is 0 Å². The van der Waals surface area contributed by atoms with Crippen LogP contribution in [-0.4, -0.2) is 22.8 Å². The van der Waals surface area contributed by atoms with Crippen molar-refractivity contribution >= 4 is 11.9 Å². The smallest absolute Gasteiger partial charge is 0.404 e. The van der Waals surface area contributed by atoms with E-state index in [0.29, 0.717) is 6.61 Å². The third kappa shape index (κ3) is 3.44. The van der Waals surface area contributed by atoms with Crippen LogP contribution in [0, 0.1) is 5.82 Å². The van der Waals surface area contributed by atoms with Crippen LogP contribution >= 0.6 is 0 Å². The van der Waals surface area contributed by atoms with Gasteiger partial charge in [-0.3, -0.25) is 4.98 Å². The first-order valence-corrected chi connectivity index (χ1v) is 4.98. The SMILES string of the molecule is C=C(OCC)c1ccnc(CNC(=O)O)c1F. The van der Waals surface area contributed by atoms with Gasteiger partial charge < -0.3 is 15.2 Å². The fourth-order valence-electron chi connectivity index (χ4n) is 1.24. The average Bonchev–Trinajstić information content (AvgIpc) is 2.27. The number of carbonyl (C=O) groups is 1. The molecule has 0 aromatic carbocycles. The van der Waals surface area contributed by atoms with Gasteiger partial charge in [-0.25, -0.2) is 9.18 Å². The molecule has 0 bridgehead atoms. The van der Waals surface area contributed by atoms with Gasteiger partial charge in [-0.05, 0) is 13.0 Å². The predicted molar refractivity (Wildman–Crippen MR) is 59.7 cm³/mol. The molecule has 1 aromatic rings. The molecule has 0 aliphatic carbocycles. The molecule has 1 heterocycles. The van der Waals surface area contributed by atoms with E-state index < -0.39 is 11.9 Å². The predicted octanol–water partition coefficient (Wildman–Crippen LogP) is 2.00. The van der Waals surface area contributed by atoms with E-state index in [1.54, 1.807) is 6.92 Å². The molecule has 1 rings (SSSR count). The molecule has 1 amide bonds. The summed E-state index contributed by atoms with van der Waals surface area (Å²) in [5.41, 5.74) is 0.190. The molecule has 5 nitrogen and oxygen atoms in total. The molecule has 92 valence electrons. The summed E-state index contributed by atoms with van der Waals surface area (Å²) in [6.07, 6.45) is 0.141. The number of halogens is 1. The van der Waals surface area contributed by atoms with Crippen LogP contribution in [0.4, 0.5) is 9.18 Å². The van der Waals surface area contributed by atoms with Crippen molar-refractivity contribution in [3.8, 4) is 0 Å². The Kier molecular flexibility index (Phi) is 4.45. The Morgan fingerprint density at radius 1 is 1.71 bits per heavy atom. The highest BCUT2D eigenvalue weighted by molar-refractivity contribution is 5.64. The van der Waals surface area contributed by atoms with E-state index in [1.807, 2.05) is 5.32 Å². The summed E-state index contributed by atoms with van der Waals surface area (Å²) < 4.78 is 19.0. The molecule has 17 heavy (non-hydrogen) atoms. The number of carboxylic acid groups (broad SMARTS) is 1. The number of nitrogens with one attached hydrogen (secondary N) is 1. The van der Waals surface area contributed by atoms with Gasteiger partial charge in [0.2, 0.25) is 0 Å². The largest absolute Gasteiger partial charge is 0.494 e. The number of amides is 1. The fraction of sp³-hybridized carbons (Fsp3) is 0.273. The Labute approximate surface area is 97.9 Å². The van der Waals surface area contributed by atoms with Gasteiger partial charge >= 0.3 is 6.09 Å². The van der Waals surface area contributed by atoms with E-state index in [1.165, 1.54) is 12.3 Å². The second-order valence-electron chi connectivity index (χ2n) is 3.13. The van der Waals surface area contributed by atoms with Crippen LogP contribution in [0.1, 0.15) is 18.2 Å². The second kappa shape index (κ2) is 5.83. The number of hydrogen-bond acceptors (Lipinski definition) is 3. The lowest BCUT2D eigenvalue weighted by molar-refractivity contribution is 0.193. The highest BCUT2D eigenvalue weighted by atomic mass is 19.1. The molecule has 0 aliphatic rings. The van der Waals surface area contributed by atoms with E-state index in [0.717, 1.165) is 0 Å². The molecular formula is C11H13FN2O3. The Hall–Kier alpha value is -2.11. The van der Waals surface area contributed by atoms with Crippen molar-refractivity contribution in [3.05, 3.63) is 35.9 Å². The lowest BCUT2D eigenvalue weighted by Gasteiger charge is -2.10. The highest BCUT2D eigenvalue weighted by Gasteiger charge is 2.13. The Morgan fingerprint density at radius 2 is 2.41 bits per heavy atom. The van der Waals surface area contributed by atoms with Crippen molar-refractivity contribution < 1.29 is 19.0 Å². The van der Waals surface area contributed by atoms with Crippen molar-refractivity contribution in [1.29, 1.82) is 0 Å². The molecule has 0 fully saturated rings. The first kappa shape index (κ1) is 13.0. The van der Waals surface area contributed by atoms with Gasteiger partial charge in [-0.15, -0.1) is 0 Å². The van der Waals surface area contributed by atoms with E-state index in [2.05, 4.69) is 11.6 Å². The minimum atomic E-state index is -1.24. The maximum atomic E-state index is 13.9. The molecule has 0 saturated carbocycles. The fourth-order valence-corrected chi connectivity index (χ4v) is 1.24. The van der Waals surface area contributed by atoms with Gasteiger partial charge in [0.25, 0.3) is 0 Å². The van der Waals surface area contributed by atoms with Crippen molar-refractivity contribution in [2.24, 2.45) is 0 Å². The Morgan fingerprint density at radius 3 is 3.00 bits per heavy atom. The number of rotatable bonds is 5. The third-order valence-electron chi connectivity index (χ3n) is 1.99. The topological polar surface area (TPSA) is 71.5 Å². The summed E-state index contributed by atoms with van der Waals surface area (Å²) in [6.45, 7) is 5.52. The molecule has 0 aliphatic heterocycles. The lowest BCUT2D eigenvalue weighted by atomic mass is 10.2. The molecule has 0 radical (unpaired) electrons. The zero-order valence-corrected chi connectivity index (χ0v) is 9.36. The van der Waals surface area contributed by atoms with Crippen LogP contribution in [0.5, 0.6) is 0 Å². The van der Waals surface area contributed by atoms with Gasteiger partial charge in [-0.1, -0.05) is 6.58 Å². The third-order valence-corrected chi connectivity index (χ3v) is 1.99. The number of nitrogens with zero attached hydrogens (tertiary/aromatic N) is 1. The zero-order chi connectivity index (χ0) is 12.8. The van der Waals surface area contributed by atoms with E-state index in [9.17, 15) is 9.18 Å². The monoisotopic (exact) mass is 240 g/mol. The quantitative estimate of drug-likeness (QED) is 0.772. The first-order chi connectivity index (χ1) is 8.06. The standard InChI is InChI=1S/C11H13FN2O3/c1-3-17-7(2)8-4-5-13-9(10(8)12)6-14-11(15)16/h4-5,14H,2-3,6H2,1H3,(H,15,16). The van der Waals surface area contributed by atoms with Crippen LogP contribution in [0.15, 0.2) is 18.8 Å². The lowest BCUT2D eigenvalue weighted by Crippen LogP contribution is -2.21. The molecule has 6 heteroatoms. The molecule has 2 N–H and O–H groups in total. The van der Waals surface area contributed by atoms with E-state index in [-0.39, 0.29) is 23.6 Å². The van der Waals surface area contributed by atoms with Crippen molar-refractivity contribution in [3.63, 3.8) is 0 Å². The molecule has 1 aromatic heterocycles. The van der Waals surface area contributed by atoms with Crippen LogP contribution in [0.3, 0.4) is 0 Å². The van der Waals surface area contributed by atoms with Crippen LogP contribution < -0.4 is 5.32 Å². The summed E-state index contributed by atoms with van der Waals surface area (Å²) in [7, 11) is 0. The molecular weight excluding hydrogens is 227 g/mol. The second-order valence-corrected chi connectivity index (χ2v) is 3.13. The molecule has 0 unspecified atom stereocenters. The van der Waals surface area contributed by atoms with E-state index >= 15 is 0 Å². The summed E-state index contributed by atoms with van der Waals surface area (Å²) in [5.74, 6) is -0.427. The number of aromatic nitrogens is 1. The van der Waals surface area contributed by atoms with Crippen LogP contribution in [0.25, 0.3) is 5.76 Å². The van der Waals surface area contributed by atoms with E-state index in [4.69, 9.17) is 9.84 Å². The van der Waals surface area contributed by atoms with Gasteiger partial charge in [0.1, 0.15) is 5.76 Å². The van der Waals surface area contributed by atoms with Gasteiger partial charge in [0.05, 0.1) is 24.4 Å². The maximum Gasteiger partial charge on any atom is 0.404 e. The molecule has 0 atom stereocenters. The normalized spacial score (nSPS) is 9.76. The zero-order valence-electron chi connectivity index (χ0n) is 9.36. The highest BCUT2D eigenvalue weighted by Crippen LogP contribution is 2.19. The maximum absolute atomic E-state index is 13.9.